The summed E-state index contributed by atoms with van der Waals surface area (Å²) in [5.41, 5.74) is 6.61. The number of aryl methyl sites for hydroxylation is 2. The molecule has 0 heterocycles. The summed E-state index contributed by atoms with van der Waals surface area (Å²) in [7, 11) is 0. The summed E-state index contributed by atoms with van der Waals surface area (Å²) in [5.74, 6) is 0.355. The molecule has 0 fully saturated rings. The number of hydrazine groups is 1. The van der Waals surface area contributed by atoms with E-state index < -0.39 is 17.9 Å². The Morgan fingerprint density at radius 3 is 2.31 bits per heavy atom. The molecule has 0 aliphatic carbocycles. The van der Waals surface area contributed by atoms with Crippen molar-refractivity contribution in [1.29, 1.82) is 0 Å². The summed E-state index contributed by atoms with van der Waals surface area (Å²) in [5, 5.41) is 1.94. The third-order valence-electron chi connectivity index (χ3n) is 4.51. The molecule has 6 nitrogen and oxygen atoms in total. The molecule has 6 heteroatoms. The Kier molecular flexibility index (Phi) is 6.34. The van der Waals surface area contributed by atoms with Crippen LogP contribution in [0.15, 0.2) is 60.7 Å². The molecular formula is C23H24N2O4. The highest BCUT2D eigenvalue weighted by Gasteiger charge is 2.17. The van der Waals surface area contributed by atoms with Crippen molar-refractivity contribution in [2.45, 2.75) is 26.9 Å². The Hall–Kier alpha value is -3.54. The molecule has 0 bridgehead atoms. The SMILES string of the molecule is Cc1cccc(C)c1OC(C)C(=O)NNC(=O)COc1cccc2ccccc12. The molecule has 29 heavy (non-hydrogen) atoms. The van der Waals surface area contributed by atoms with Crippen LogP contribution in [0.4, 0.5) is 0 Å². The molecule has 2 N–H and O–H groups in total. The van der Waals surface area contributed by atoms with E-state index in [1.807, 2.05) is 68.4 Å². The number of amides is 2. The molecule has 3 aromatic rings. The maximum Gasteiger partial charge on any atom is 0.279 e. The van der Waals surface area contributed by atoms with Crippen LogP contribution in [0.5, 0.6) is 11.5 Å². The number of benzene rings is 3. The fourth-order valence-corrected chi connectivity index (χ4v) is 2.95. The Morgan fingerprint density at radius 2 is 1.55 bits per heavy atom. The summed E-state index contributed by atoms with van der Waals surface area (Å²) in [6.45, 7) is 5.24. The summed E-state index contributed by atoms with van der Waals surface area (Å²) in [4.78, 5) is 24.3. The number of nitrogens with one attached hydrogen (secondary N) is 2. The van der Waals surface area contributed by atoms with Crippen molar-refractivity contribution in [1.82, 2.24) is 10.9 Å². The van der Waals surface area contributed by atoms with Gasteiger partial charge in [-0.15, -0.1) is 0 Å². The molecule has 0 saturated carbocycles. The van der Waals surface area contributed by atoms with Gasteiger partial charge in [-0.25, -0.2) is 0 Å². The van der Waals surface area contributed by atoms with Crippen molar-refractivity contribution in [2.24, 2.45) is 0 Å². The van der Waals surface area contributed by atoms with Gasteiger partial charge < -0.3 is 9.47 Å². The number of ether oxygens (including phenoxy) is 2. The predicted molar refractivity (Wildman–Crippen MR) is 112 cm³/mol. The zero-order valence-electron chi connectivity index (χ0n) is 16.7. The van der Waals surface area contributed by atoms with Crippen LogP contribution in [0, 0.1) is 13.8 Å². The molecule has 0 aliphatic rings. The molecule has 0 aromatic heterocycles. The Balaban J connectivity index is 1.50. The van der Waals surface area contributed by atoms with Gasteiger partial charge in [0.25, 0.3) is 11.8 Å². The van der Waals surface area contributed by atoms with E-state index in [0.717, 1.165) is 21.9 Å². The highest BCUT2D eigenvalue weighted by Crippen LogP contribution is 2.25. The van der Waals surface area contributed by atoms with Crippen LogP contribution >= 0.6 is 0 Å². The third-order valence-corrected chi connectivity index (χ3v) is 4.51. The van der Waals surface area contributed by atoms with Gasteiger partial charge in [-0.1, -0.05) is 54.6 Å². The van der Waals surface area contributed by atoms with Crippen LogP contribution in [-0.2, 0) is 9.59 Å². The second-order valence-corrected chi connectivity index (χ2v) is 6.78. The first-order valence-corrected chi connectivity index (χ1v) is 9.38. The summed E-state index contributed by atoms with van der Waals surface area (Å²) in [6, 6.07) is 19.1. The van der Waals surface area contributed by atoms with Crippen LogP contribution in [0.1, 0.15) is 18.1 Å². The van der Waals surface area contributed by atoms with Gasteiger partial charge in [0.2, 0.25) is 0 Å². The number of fused-ring (bicyclic) bond motifs is 1. The van der Waals surface area contributed by atoms with Crippen molar-refractivity contribution in [2.75, 3.05) is 6.61 Å². The topological polar surface area (TPSA) is 76.7 Å². The van der Waals surface area contributed by atoms with E-state index >= 15 is 0 Å². The minimum atomic E-state index is -0.769. The van der Waals surface area contributed by atoms with Gasteiger partial charge in [-0.2, -0.15) is 0 Å². The van der Waals surface area contributed by atoms with E-state index in [0.29, 0.717) is 11.5 Å². The highest BCUT2D eigenvalue weighted by molar-refractivity contribution is 5.89. The summed E-state index contributed by atoms with van der Waals surface area (Å²) >= 11 is 0. The standard InChI is InChI=1S/C23H24N2O4/c1-15-8-6-9-16(2)22(15)29-17(3)23(27)25-24-21(26)14-28-20-13-7-11-18-10-4-5-12-19(18)20/h4-13,17H,14H2,1-3H3,(H,24,26)(H,25,27). The molecule has 0 radical (unpaired) electrons. The number of carbonyl (C=O) groups is 2. The van der Waals surface area contributed by atoms with E-state index in [1.165, 1.54) is 0 Å². The quantitative estimate of drug-likeness (QED) is 0.630. The Bertz CT molecular complexity index is 1010. The molecule has 3 aromatic carbocycles. The second-order valence-electron chi connectivity index (χ2n) is 6.78. The first-order chi connectivity index (χ1) is 14.0. The maximum absolute atomic E-state index is 12.2. The van der Waals surface area contributed by atoms with Gasteiger partial charge in [-0.05, 0) is 43.4 Å². The zero-order valence-corrected chi connectivity index (χ0v) is 16.7. The van der Waals surface area contributed by atoms with Gasteiger partial charge in [0.05, 0.1) is 0 Å². The van der Waals surface area contributed by atoms with Crippen molar-refractivity contribution in [3.8, 4) is 11.5 Å². The predicted octanol–water partition coefficient (Wildman–Crippen LogP) is 3.45. The van der Waals surface area contributed by atoms with Crippen LogP contribution in [0.3, 0.4) is 0 Å². The van der Waals surface area contributed by atoms with Crippen LogP contribution in [0.2, 0.25) is 0 Å². The third kappa shape index (κ3) is 5.04. The Morgan fingerprint density at radius 1 is 0.897 bits per heavy atom. The number of carbonyl (C=O) groups excluding carboxylic acids is 2. The van der Waals surface area contributed by atoms with Gasteiger partial charge in [-0.3, -0.25) is 20.4 Å². The fourth-order valence-electron chi connectivity index (χ4n) is 2.95. The average molecular weight is 392 g/mol. The van der Waals surface area contributed by atoms with Crippen molar-refractivity contribution in [3.63, 3.8) is 0 Å². The van der Waals surface area contributed by atoms with Crippen molar-refractivity contribution >= 4 is 22.6 Å². The lowest BCUT2D eigenvalue weighted by molar-refractivity contribution is -0.133. The van der Waals surface area contributed by atoms with E-state index in [4.69, 9.17) is 9.47 Å². The molecular weight excluding hydrogens is 368 g/mol. The summed E-state index contributed by atoms with van der Waals surface area (Å²) in [6.07, 6.45) is -0.769. The number of hydrogen-bond acceptors (Lipinski definition) is 4. The van der Waals surface area contributed by atoms with Crippen molar-refractivity contribution in [3.05, 3.63) is 71.8 Å². The first-order valence-electron chi connectivity index (χ1n) is 9.38. The first kappa shape index (κ1) is 20.2. The average Bonchev–Trinajstić information content (AvgIpc) is 2.73. The van der Waals surface area contributed by atoms with Crippen LogP contribution in [-0.4, -0.2) is 24.5 Å². The van der Waals surface area contributed by atoms with E-state index in [-0.39, 0.29) is 6.61 Å². The van der Waals surface area contributed by atoms with Gasteiger partial charge in [0.15, 0.2) is 12.7 Å². The second kappa shape index (κ2) is 9.10. The molecule has 2 amide bonds. The number of hydrogen-bond donors (Lipinski definition) is 2. The molecule has 150 valence electrons. The molecule has 0 spiro atoms. The minimum absolute atomic E-state index is 0.222. The van der Waals surface area contributed by atoms with Gasteiger partial charge >= 0.3 is 0 Å². The van der Waals surface area contributed by atoms with Crippen LogP contribution in [0.25, 0.3) is 10.8 Å². The van der Waals surface area contributed by atoms with E-state index in [9.17, 15) is 9.59 Å². The molecule has 0 aliphatic heterocycles. The lowest BCUT2D eigenvalue weighted by Crippen LogP contribution is -2.48. The smallest absolute Gasteiger partial charge is 0.279 e. The normalized spacial score (nSPS) is 11.6. The molecule has 3 rings (SSSR count). The molecule has 0 saturated heterocycles. The Labute approximate surface area is 169 Å². The van der Waals surface area contributed by atoms with E-state index in [2.05, 4.69) is 10.9 Å². The number of rotatable bonds is 6. The molecule has 1 unspecified atom stereocenters. The van der Waals surface area contributed by atoms with Gasteiger partial charge in [0, 0.05) is 5.39 Å². The largest absolute Gasteiger partial charge is 0.483 e. The van der Waals surface area contributed by atoms with Crippen LogP contribution < -0.4 is 20.3 Å². The number of para-hydroxylation sites is 1. The van der Waals surface area contributed by atoms with Gasteiger partial charge in [0.1, 0.15) is 11.5 Å². The lowest BCUT2D eigenvalue weighted by Gasteiger charge is -2.18. The highest BCUT2D eigenvalue weighted by atomic mass is 16.5. The minimum Gasteiger partial charge on any atom is -0.483 e. The van der Waals surface area contributed by atoms with E-state index in [1.54, 1.807) is 13.0 Å². The summed E-state index contributed by atoms with van der Waals surface area (Å²) < 4.78 is 11.4. The molecule has 1 atom stereocenters. The fraction of sp³-hybridized carbons (Fsp3) is 0.217. The zero-order chi connectivity index (χ0) is 20.8. The monoisotopic (exact) mass is 392 g/mol. The van der Waals surface area contributed by atoms with Crippen molar-refractivity contribution < 1.29 is 19.1 Å². The lowest BCUT2D eigenvalue weighted by atomic mass is 10.1. The maximum atomic E-state index is 12.2.